The molecule has 5 atom stereocenters. The van der Waals surface area contributed by atoms with Gasteiger partial charge in [-0.2, -0.15) is 12.6 Å². The van der Waals surface area contributed by atoms with E-state index in [-0.39, 0.29) is 5.75 Å². The van der Waals surface area contributed by atoms with Gasteiger partial charge < -0.3 is 42.1 Å². The number of hydrogen-bond acceptors (Lipinski definition) is 9. The summed E-state index contributed by atoms with van der Waals surface area (Å²) >= 11 is 3.86. The van der Waals surface area contributed by atoms with E-state index in [1.807, 2.05) is 10.6 Å². The van der Waals surface area contributed by atoms with E-state index in [1.165, 1.54) is 0 Å². The maximum atomic E-state index is 12.3. The van der Waals surface area contributed by atoms with Crippen molar-refractivity contribution in [2.45, 2.75) is 50.0 Å². The molecule has 0 saturated heterocycles. The predicted octanol–water partition coefficient (Wildman–Crippen LogP) is -3.89. The number of aliphatic hydroxyl groups is 1. The first-order valence-electron chi connectivity index (χ1n) is 8.42. The van der Waals surface area contributed by atoms with E-state index in [2.05, 4.69) is 17.9 Å². The van der Waals surface area contributed by atoms with Crippen molar-refractivity contribution in [3.05, 3.63) is 0 Å². The number of carboxylic acid groups (broad SMARTS) is 3. The van der Waals surface area contributed by atoms with Gasteiger partial charge in [0.2, 0.25) is 17.7 Å². The molecule has 15 heteroatoms. The SMILES string of the molecule is CC(O)C(NC(=O)C(CC(=O)O)NC(=O)C(CS)NC(=O)C(N)CC(=O)O)C(=O)O. The molecule has 0 bridgehead atoms. The summed E-state index contributed by atoms with van der Waals surface area (Å²) in [6.45, 7) is 1.08. The van der Waals surface area contributed by atoms with Crippen molar-refractivity contribution in [3.8, 4) is 0 Å². The molecule has 0 saturated carbocycles. The molecule has 0 heterocycles. The van der Waals surface area contributed by atoms with Crippen molar-refractivity contribution in [3.63, 3.8) is 0 Å². The molecule has 9 N–H and O–H groups in total. The summed E-state index contributed by atoms with van der Waals surface area (Å²) in [5, 5.41) is 42.0. The second-order valence-corrected chi connectivity index (χ2v) is 6.54. The number of thiol groups is 1. The average Bonchev–Trinajstić information content (AvgIpc) is 2.61. The van der Waals surface area contributed by atoms with Crippen molar-refractivity contribution in [2.75, 3.05) is 5.75 Å². The molecule has 5 unspecified atom stereocenters. The van der Waals surface area contributed by atoms with Crippen molar-refractivity contribution in [2.24, 2.45) is 5.73 Å². The topological polar surface area (TPSA) is 245 Å². The Morgan fingerprint density at radius 1 is 0.833 bits per heavy atom. The van der Waals surface area contributed by atoms with Crippen LogP contribution in [-0.2, 0) is 28.8 Å². The predicted molar refractivity (Wildman–Crippen MR) is 101 cm³/mol. The molecule has 30 heavy (non-hydrogen) atoms. The molecule has 0 radical (unpaired) electrons. The number of rotatable bonds is 13. The number of aliphatic carboxylic acids is 3. The Balaban J connectivity index is 5.28. The van der Waals surface area contributed by atoms with Gasteiger partial charge in [0.1, 0.15) is 12.1 Å². The Hall–Kier alpha value is -2.91. The van der Waals surface area contributed by atoms with Gasteiger partial charge >= 0.3 is 17.9 Å². The molecule has 0 aliphatic heterocycles. The molecule has 0 aliphatic rings. The van der Waals surface area contributed by atoms with Crippen LogP contribution in [0.4, 0.5) is 0 Å². The Kier molecular flexibility index (Phi) is 11.4. The molecule has 0 aliphatic carbocycles. The number of carbonyl (C=O) groups is 6. The van der Waals surface area contributed by atoms with E-state index < -0.39 is 78.7 Å². The molecule has 170 valence electrons. The van der Waals surface area contributed by atoms with Gasteiger partial charge in [-0.25, -0.2) is 4.79 Å². The number of aliphatic hydroxyl groups excluding tert-OH is 1. The largest absolute Gasteiger partial charge is 0.481 e. The molecule has 14 nitrogen and oxygen atoms in total. The number of hydrogen-bond donors (Lipinski definition) is 9. The van der Waals surface area contributed by atoms with Crippen LogP contribution >= 0.6 is 12.6 Å². The van der Waals surface area contributed by atoms with Gasteiger partial charge in [-0.1, -0.05) is 0 Å². The van der Waals surface area contributed by atoms with E-state index in [4.69, 9.17) is 21.1 Å². The van der Waals surface area contributed by atoms with Gasteiger partial charge in [0.25, 0.3) is 0 Å². The summed E-state index contributed by atoms with van der Waals surface area (Å²) in [5.74, 6) is -8.01. The Morgan fingerprint density at radius 3 is 1.70 bits per heavy atom. The Bertz CT molecular complexity index is 686. The van der Waals surface area contributed by atoms with Crippen LogP contribution in [0.15, 0.2) is 0 Å². The van der Waals surface area contributed by atoms with Crippen LogP contribution in [0, 0.1) is 0 Å². The first kappa shape index (κ1) is 27.1. The zero-order valence-electron chi connectivity index (χ0n) is 15.8. The minimum absolute atomic E-state index is 0.315. The van der Waals surface area contributed by atoms with Crippen LogP contribution in [0.3, 0.4) is 0 Å². The molecule has 0 aromatic rings. The Labute approximate surface area is 175 Å². The smallest absolute Gasteiger partial charge is 0.328 e. The van der Waals surface area contributed by atoms with E-state index in [9.17, 15) is 33.9 Å². The molecule has 0 aromatic heterocycles. The van der Waals surface area contributed by atoms with Gasteiger partial charge in [0.15, 0.2) is 6.04 Å². The van der Waals surface area contributed by atoms with Gasteiger partial charge in [0, 0.05) is 5.75 Å². The number of nitrogens with one attached hydrogen (secondary N) is 3. The van der Waals surface area contributed by atoms with E-state index in [1.54, 1.807) is 0 Å². The summed E-state index contributed by atoms with van der Waals surface area (Å²) < 4.78 is 0. The van der Waals surface area contributed by atoms with Crippen LogP contribution in [0.1, 0.15) is 19.8 Å². The third-order valence-corrected chi connectivity index (χ3v) is 3.97. The zero-order valence-corrected chi connectivity index (χ0v) is 16.7. The minimum Gasteiger partial charge on any atom is -0.481 e. The molecular weight excluding hydrogens is 428 g/mol. The lowest BCUT2D eigenvalue weighted by Gasteiger charge is -2.24. The lowest BCUT2D eigenvalue weighted by atomic mass is 10.1. The highest BCUT2D eigenvalue weighted by Gasteiger charge is 2.32. The molecule has 0 rings (SSSR count). The van der Waals surface area contributed by atoms with E-state index in [0.717, 1.165) is 6.92 Å². The first-order valence-corrected chi connectivity index (χ1v) is 9.05. The van der Waals surface area contributed by atoms with Crippen LogP contribution in [0.25, 0.3) is 0 Å². The first-order chi connectivity index (χ1) is 13.8. The lowest BCUT2D eigenvalue weighted by molar-refractivity contribution is -0.146. The fourth-order valence-corrected chi connectivity index (χ4v) is 2.31. The number of nitrogens with two attached hydrogens (primary N) is 1. The molecule has 0 spiro atoms. The Morgan fingerprint density at radius 2 is 1.30 bits per heavy atom. The maximum absolute atomic E-state index is 12.3. The highest BCUT2D eigenvalue weighted by Crippen LogP contribution is 2.01. The summed E-state index contributed by atoms with van der Waals surface area (Å²) in [4.78, 5) is 69.1. The lowest BCUT2D eigenvalue weighted by Crippen LogP contribution is -2.59. The molecule has 3 amide bonds. The fraction of sp³-hybridized carbons (Fsp3) is 0.600. The molecule has 0 aromatic carbocycles. The second-order valence-electron chi connectivity index (χ2n) is 6.17. The summed E-state index contributed by atoms with van der Waals surface area (Å²) in [5.41, 5.74) is 5.38. The highest BCUT2D eigenvalue weighted by atomic mass is 32.1. The third kappa shape index (κ3) is 9.53. The van der Waals surface area contributed by atoms with Gasteiger partial charge in [-0.3, -0.25) is 24.0 Å². The van der Waals surface area contributed by atoms with Gasteiger partial charge in [0.05, 0.1) is 25.0 Å². The average molecular weight is 452 g/mol. The van der Waals surface area contributed by atoms with Crippen LogP contribution in [0.5, 0.6) is 0 Å². The number of carboxylic acids is 3. The van der Waals surface area contributed by atoms with Crippen molar-refractivity contribution >= 4 is 48.3 Å². The van der Waals surface area contributed by atoms with Crippen LogP contribution in [-0.4, -0.2) is 92.1 Å². The summed E-state index contributed by atoms with van der Waals surface area (Å²) in [6, 6.07) is -6.39. The second kappa shape index (κ2) is 12.6. The maximum Gasteiger partial charge on any atom is 0.328 e. The third-order valence-electron chi connectivity index (χ3n) is 3.60. The van der Waals surface area contributed by atoms with Gasteiger partial charge in [-0.15, -0.1) is 0 Å². The molecule has 0 fully saturated rings. The van der Waals surface area contributed by atoms with Crippen molar-refractivity contribution in [1.82, 2.24) is 16.0 Å². The summed E-state index contributed by atoms with van der Waals surface area (Å²) in [6.07, 6.45) is -3.17. The normalized spacial score (nSPS) is 15.6. The van der Waals surface area contributed by atoms with E-state index in [0.29, 0.717) is 0 Å². The quantitative estimate of drug-likeness (QED) is 0.122. The van der Waals surface area contributed by atoms with Crippen molar-refractivity contribution < 1.29 is 49.2 Å². The van der Waals surface area contributed by atoms with Crippen molar-refractivity contribution in [1.29, 1.82) is 0 Å². The fourth-order valence-electron chi connectivity index (χ4n) is 2.05. The standard InChI is InChI=1S/C15H24N4O10S/c1-5(20)11(15(28)29)19-13(26)7(3-10(23)24)17-14(27)8(4-30)18-12(25)6(16)2-9(21)22/h5-8,11,20,30H,2-4,16H2,1H3,(H,17,27)(H,18,25)(H,19,26)(H,21,22)(H,23,24)(H,28,29). The zero-order chi connectivity index (χ0) is 23.6. The highest BCUT2D eigenvalue weighted by molar-refractivity contribution is 7.80. The van der Waals surface area contributed by atoms with Gasteiger partial charge in [-0.05, 0) is 6.92 Å². The number of amides is 3. The monoisotopic (exact) mass is 452 g/mol. The van der Waals surface area contributed by atoms with Crippen LogP contribution < -0.4 is 21.7 Å². The molecular formula is C15H24N4O10S. The van der Waals surface area contributed by atoms with Crippen LogP contribution in [0.2, 0.25) is 0 Å². The number of carbonyl (C=O) groups excluding carboxylic acids is 3. The minimum atomic E-state index is -1.76. The summed E-state index contributed by atoms with van der Waals surface area (Å²) in [7, 11) is 0. The van der Waals surface area contributed by atoms with E-state index >= 15 is 0 Å².